The van der Waals surface area contributed by atoms with Gasteiger partial charge in [0.2, 0.25) is 0 Å². The lowest BCUT2D eigenvalue weighted by Gasteiger charge is -2.10. The second kappa shape index (κ2) is 8.01. The average molecular weight is 553 g/mol. The zero-order valence-corrected chi connectivity index (χ0v) is 23.9. The molecule has 0 atom stereocenters. The number of benzene rings is 9. The summed E-state index contributed by atoms with van der Waals surface area (Å²) in [5, 5.41) is 24.2. The fourth-order valence-electron chi connectivity index (χ4n) is 8.45. The minimum atomic E-state index is 1.26. The molecule has 0 aliphatic rings. The van der Waals surface area contributed by atoms with E-state index in [4.69, 9.17) is 0 Å². The Morgan fingerprint density at radius 3 is 1.32 bits per heavy atom. The van der Waals surface area contributed by atoms with Crippen molar-refractivity contribution in [3.05, 3.63) is 146 Å². The third-order valence-electron chi connectivity index (χ3n) is 10.3. The summed E-state index contributed by atoms with van der Waals surface area (Å²) >= 11 is 0. The fraction of sp³-hybridized carbons (Fsp3) is 0. The normalized spacial score (nSPS) is 12.5. The Morgan fingerprint density at radius 2 is 0.614 bits per heavy atom. The Morgan fingerprint density at radius 1 is 0.205 bits per heavy atom. The van der Waals surface area contributed by atoms with Crippen molar-refractivity contribution in [3.8, 4) is 11.1 Å². The molecule has 0 bridgehead atoms. The van der Waals surface area contributed by atoms with E-state index in [0.29, 0.717) is 0 Å². The Kier molecular flexibility index (Phi) is 4.15. The summed E-state index contributed by atoms with van der Waals surface area (Å²) in [6, 6.07) is 54.6. The molecule has 0 spiro atoms. The Bertz CT molecular complexity index is 2980. The molecule has 11 aromatic carbocycles. The maximum absolute atomic E-state index is 2.43. The SMILES string of the molecule is c1ccc2c(c1)ccc1c3ccc(-c4ccc5c(c4)c4cccc6c7c8ccccc8c8cccc(c87)c5c46)cc3ccc21. The largest absolute Gasteiger partial charge is 0.0616 e. The molecule has 0 nitrogen and oxygen atoms in total. The van der Waals surface area contributed by atoms with Crippen molar-refractivity contribution in [1.82, 2.24) is 0 Å². The van der Waals surface area contributed by atoms with Crippen LogP contribution in [0.2, 0.25) is 0 Å². The van der Waals surface area contributed by atoms with E-state index in [1.165, 1.54) is 108 Å². The third kappa shape index (κ3) is 2.74. The molecular weight excluding hydrogens is 528 g/mol. The van der Waals surface area contributed by atoms with E-state index in [0.717, 1.165) is 0 Å². The fourth-order valence-corrected chi connectivity index (χ4v) is 8.45. The molecule has 0 heteroatoms. The Labute approximate surface area is 253 Å². The summed E-state index contributed by atoms with van der Waals surface area (Å²) in [5.41, 5.74) is 2.52. The van der Waals surface area contributed by atoms with E-state index >= 15 is 0 Å². The highest BCUT2D eigenvalue weighted by atomic mass is 14.2. The van der Waals surface area contributed by atoms with Crippen LogP contribution in [0.1, 0.15) is 0 Å². The highest BCUT2D eigenvalue weighted by Crippen LogP contribution is 2.50. The van der Waals surface area contributed by atoms with Crippen LogP contribution in [0.15, 0.2) is 146 Å². The standard InChI is InChI=1S/C44H24/c1-2-8-29-25(7-1)15-20-33-30-19-16-26(23-28(30)18-21-32(29)33)27-17-22-37-40(24-27)36-12-6-14-38-41-34-10-4-3-9-31(34)35-11-5-13-39(42(35)41)44(37)43(36)38/h1-24H. The molecule has 0 saturated carbocycles. The highest BCUT2D eigenvalue weighted by molar-refractivity contribution is 6.47. The maximum Gasteiger partial charge on any atom is -0.00137 e. The topological polar surface area (TPSA) is 0 Å². The zero-order chi connectivity index (χ0) is 28.5. The Balaban J connectivity index is 1.18. The van der Waals surface area contributed by atoms with E-state index in [9.17, 15) is 0 Å². The molecule has 44 heavy (non-hydrogen) atoms. The predicted octanol–water partition coefficient (Wildman–Crippen LogP) is 12.6. The molecule has 0 unspecified atom stereocenters. The van der Waals surface area contributed by atoms with Gasteiger partial charge in [-0.1, -0.05) is 133 Å². The van der Waals surface area contributed by atoms with Crippen LogP contribution >= 0.6 is 0 Å². The van der Waals surface area contributed by atoms with Crippen LogP contribution in [0.4, 0.5) is 0 Å². The molecular formula is C44H24. The number of hydrogen-bond acceptors (Lipinski definition) is 0. The van der Waals surface area contributed by atoms with Gasteiger partial charge >= 0.3 is 0 Å². The quantitative estimate of drug-likeness (QED) is 0.140. The Hall–Kier alpha value is -5.72. The van der Waals surface area contributed by atoms with Crippen molar-refractivity contribution in [1.29, 1.82) is 0 Å². The minimum absolute atomic E-state index is 1.26. The lowest BCUT2D eigenvalue weighted by atomic mass is 9.94. The summed E-state index contributed by atoms with van der Waals surface area (Å²) in [5.74, 6) is 0. The van der Waals surface area contributed by atoms with Crippen molar-refractivity contribution in [2.24, 2.45) is 0 Å². The maximum atomic E-state index is 2.43. The predicted molar refractivity (Wildman–Crippen MR) is 192 cm³/mol. The van der Waals surface area contributed by atoms with Crippen molar-refractivity contribution < 1.29 is 0 Å². The summed E-state index contributed by atoms with van der Waals surface area (Å²) in [6.45, 7) is 0. The van der Waals surface area contributed by atoms with E-state index in [-0.39, 0.29) is 0 Å². The first-order valence-electron chi connectivity index (χ1n) is 15.4. The number of hydrogen-bond donors (Lipinski definition) is 0. The second-order valence-corrected chi connectivity index (χ2v) is 12.4. The van der Waals surface area contributed by atoms with Gasteiger partial charge in [0.15, 0.2) is 0 Å². The van der Waals surface area contributed by atoms with Gasteiger partial charge in [-0.25, -0.2) is 0 Å². The van der Waals surface area contributed by atoms with Crippen LogP contribution in [0, 0.1) is 0 Å². The van der Waals surface area contributed by atoms with Gasteiger partial charge in [-0.3, -0.25) is 0 Å². The van der Waals surface area contributed by atoms with Gasteiger partial charge in [0, 0.05) is 0 Å². The van der Waals surface area contributed by atoms with Gasteiger partial charge in [-0.15, -0.1) is 0 Å². The first-order chi connectivity index (χ1) is 21.8. The lowest BCUT2D eigenvalue weighted by Crippen LogP contribution is -1.83. The number of fused-ring (bicyclic) bond motifs is 13. The minimum Gasteiger partial charge on any atom is -0.0616 e. The van der Waals surface area contributed by atoms with Gasteiger partial charge in [0.25, 0.3) is 0 Å². The molecule has 0 fully saturated rings. The molecule has 200 valence electrons. The van der Waals surface area contributed by atoms with Gasteiger partial charge < -0.3 is 0 Å². The van der Waals surface area contributed by atoms with Crippen LogP contribution in [-0.4, -0.2) is 0 Å². The van der Waals surface area contributed by atoms with Crippen LogP contribution in [-0.2, 0) is 0 Å². The van der Waals surface area contributed by atoms with Crippen molar-refractivity contribution >= 4 is 97.0 Å². The van der Waals surface area contributed by atoms with E-state index in [2.05, 4.69) is 146 Å². The van der Waals surface area contributed by atoms with Crippen molar-refractivity contribution in [2.75, 3.05) is 0 Å². The molecule has 11 aromatic rings. The average Bonchev–Trinajstić information content (AvgIpc) is 3.61. The molecule has 0 aliphatic carbocycles. The molecule has 0 N–H and O–H groups in total. The molecule has 0 saturated heterocycles. The van der Waals surface area contributed by atoms with Crippen molar-refractivity contribution in [3.63, 3.8) is 0 Å². The van der Waals surface area contributed by atoms with Crippen LogP contribution < -0.4 is 0 Å². The van der Waals surface area contributed by atoms with E-state index in [1.807, 2.05) is 0 Å². The van der Waals surface area contributed by atoms with Crippen LogP contribution in [0.3, 0.4) is 0 Å². The third-order valence-corrected chi connectivity index (χ3v) is 10.3. The molecule has 0 radical (unpaired) electrons. The van der Waals surface area contributed by atoms with E-state index < -0.39 is 0 Å². The molecule has 0 heterocycles. The smallest absolute Gasteiger partial charge is 0.00137 e. The van der Waals surface area contributed by atoms with Gasteiger partial charge in [0.1, 0.15) is 0 Å². The van der Waals surface area contributed by atoms with Crippen LogP contribution in [0.5, 0.6) is 0 Å². The second-order valence-electron chi connectivity index (χ2n) is 12.4. The van der Waals surface area contributed by atoms with Gasteiger partial charge in [0.05, 0.1) is 0 Å². The summed E-state index contributed by atoms with van der Waals surface area (Å²) in [7, 11) is 0. The first kappa shape index (κ1) is 22.8. The van der Waals surface area contributed by atoms with E-state index in [1.54, 1.807) is 0 Å². The molecule has 0 aromatic heterocycles. The lowest BCUT2D eigenvalue weighted by molar-refractivity contribution is 1.70. The highest BCUT2D eigenvalue weighted by Gasteiger charge is 2.21. The van der Waals surface area contributed by atoms with Gasteiger partial charge in [-0.05, 0) is 120 Å². The molecule has 0 amide bonds. The summed E-state index contributed by atoms with van der Waals surface area (Å²) in [6.07, 6.45) is 0. The molecule has 0 aliphatic heterocycles. The number of rotatable bonds is 1. The van der Waals surface area contributed by atoms with Crippen LogP contribution in [0.25, 0.3) is 108 Å². The summed E-state index contributed by atoms with van der Waals surface area (Å²) in [4.78, 5) is 0. The van der Waals surface area contributed by atoms with Crippen molar-refractivity contribution in [2.45, 2.75) is 0 Å². The zero-order valence-electron chi connectivity index (χ0n) is 23.9. The summed E-state index contributed by atoms with van der Waals surface area (Å²) < 4.78 is 0. The molecule has 11 rings (SSSR count). The van der Waals surface area contributed by atoms with Gasteiger partial charge in [-0.2, -0.15) is 0 Å². The monoisotopic (exact) mass is 552 g/mol. The first-order valence-corrected chi connectivity index (χ1v) is 15.4.